The molecule has 0 fully saturated rings. The van der Waals surface area contributed by atoms with Crippen LogP contribution in [0.15, 0.2) is 92.6 Å². The Morgan fingerprint density at radius 1 is 0.969 bits per heavy atom. The van der Waals surface area contributed by atoms with E-state index in [2.05, 4.69) is 31.4 Å². The van der Waals surface area contributed by atoms with E-state index in [-0.39, 0.29) is 22.4 Å². The fourth-order valence-electron chi connectivity index (χ4n) is 2.89. The monoisotopic (exact) mass is 512 g/mol. The van der Waals surface area contributed by atoms with Crippen LogP contribution in [-0.2, 0) is 10.0 Å². The third-order valence-electron chi connectivity index (χ3n) is 4.61. The van der Waals surface area contributed by atoms with Crippen LogP contribution < -0.4 is 9.62 Å². The van der Waals surface area contributed by atoms with Crippen molar-refractivity contribution < 1.29 is 17.6 Å². The van der Waals surface area contributed by atoms with Gasteiger partial charge in [0.2, 0.25) is 5.89 Å². The third kappa shape index (κ3) is 4.56. The lowest BCUT2D eigenvalue weighted by molar-refractivity contribution is 0.102. The summed E-state index contributed by atoms with van der Waals surface area (Å²) < 4.78 is 33.2. The average Bonchev–Trinajstić information content (AvgIpc) is 3.27. The minimum atomic E-state index is -3.77. The number of carbonyl (C=O) groups excluding carboxylic acids is 1. The number of nitrogens with one attached hydrogen (secondary N) is 1. The zero-order chi connectivity index (χ0) is 22.7. The predicted octanol–water partition coefficient (Wildman–Crippen LogP) is 4.58. The van der Waals surface area contributed by atoms with Crippen molar-refractivity contribution in [3.05, 3.63) is 88.9 Å². The smallest absolute Gasteiger partial charge is 0.322 e. The van der Waals surface area contributed by atoms with E-state index in [0.29, 0.717) is 11.3 Å². The second-order valence-electron chi connectivity index (χ2n) is 6.71. The van der Waals surface area contributed by atoms with Crippen LogP contribution in [-0.4, -0.2) is 31.6 Å². The molecular weight excluding hydrogens is 496 g/mol. The lowest BCUT2D eigenvalue weighted by Gasteiger charge is -2.19. The zero-order valence-corrected chi connectivity index (χ0v) is 19.2. The van der Waals surface area contributed by atoms with Crippen molar-refractivity contribution >= 4 is 43.6 Å². The van der Waals surface area contributed by atoms with Crippen molar-refractivity contribution in [1.29, 1.82) is 0 Å². The Balaban J connectivity index is 1.48. The van der Waals surface area contributed by atoms with Gasteiger partial charge in [0.1, 0.15) is 0 Å². The first-order valence-electron chi connectivity index (χ1n) is 9.39. The van der Waals surface area contributed by atoms with Gasteiger partial charge in [0.15, 0.2) is 0 Å². The molecule has 0 radical (unpaired) electrons. The topological polar surface area (TPSA) is 105 Å². The first kappa shape index (κ1) is 21.7. The number of aromatic nitrogens is 2. The van der Waals surface area contributed by atoms with Gasteiger partial charge in [-0.1, -0.05) is 45.3 Å². The van der Waals surface area contributed by atoms with Gasteiger partial charge in [0.25, 0.3) is 15.9 Å². The molecule has 8 nitrogen and oxygen atoms in total. The molecular formula is C22H17BrN4O4S. The zero-order valence-electron chi connectivity index (χ0n) is 16.8. The molecule has 0 bridgehead atoms. The Morgan fingerprint density at radius 2 is 1.69 bits per heavy atom. The van der Waals surface area contributed by atoms with Crippen molar-refractivity contribution in [3.63, 3.8) is 0 Å². The normalized spacial score (nSPS) is 11.2. The van der Waals surface area contributed by atoms with Crippen LogP contribution in [0, 0.1) is 0 Å². The largest absolute Gasteiger partial charge is 0.403 e. The molecule has 4 aromatic rings. The Hall–Kier alpha value is -3.50. The average molecular weight is 513 g/mol. The molecule has 0 atom stereocenters. The van der Waals surface area contributed by atoms with Crippen LogP contribution in [0.4, 0.5) is 11.7 Å². The van der Waals surface area contributed by atoms with Gasteiger partial charge in [-0.15, -0.1) is 5.10 Å². The molecule has 0 unspecified atom stereocenters. The SMILES string of the molecule is CN(c1ccccc1)S(=O)(=O)c1ccc(C(=O)Nc2nnc(-c3cccc(Br)c3)o2)cc1. The number of halogens is 1. The quantitative estimate of drug-likeness (QED) is 0.405. The van der Waals surface area contributed by atoms with E-state index in [9.17, 15) is 13.2 Å². The Kier molecular flexibility index (Phi) is 6.06. The van der Waals surface area contributed by atoms with Crippen LogP contribution in [0.3, 0.4) is 0 Å². The summed E-state index contributed by atoms with van der Waals surface area (Å²) in [5, 5.41) is 10.3. The molecule has 4 rings (SSSR count). The maximum Gasteiger partial charge on any atom is 0.322 e. The maximum absolute atomic E-state index is 12.9. The first-order valence-corrected chi connectivity index (χ1v) is 11.6. The minimum absolute atomic E-state index is 0.0644. The van der Waals surface area contributed by atoms with Crippen LogP contribution in [0.2, 0.25) is 0 Å². The number of amides is 1. The number of carbonyl (C=O) groups is 1. The first-order chi connectivity index (χ1) is 15.3. The molecule has 1 amide bonds. The lowest BCUT2D eigenvalue weighted by atomic mass is 10.2. The van der Waals surface area contributed by atoms with E-state index in [1.165, 1.54) is 35.6 Å². The van der Waals surface area contributed by atoms with E-state index in [4.69, 9.17) is 4.42 Å². The second kappa shape index (κ2) is 8.93. The van der Waals surface area contributed by atoms with E-state index in [1.54, 1.807) is 30.3 Å². The lowest BCUT2D eigenvalue weighted by Crippen LogP contribution is -2.26. The summed E-state index contributed by atoms with van der Waals surface area (Å²) in [6.07, 6.45) is 0. The molecule has 0 aliphatic heterocycles. The van der Waals surface area contributed by atoms with Crippen LogP contribution >= 0.6 is 15.9 Å². The fourth-order valence-corrected chi connectivity index (χ4v) is 4.49. The number of hydrogen-bond donors (Lipinski definition) is 1. The van der Waals surface area contributed by atoms with Gasteiger partial charge in [0.05, 0.1) is 10.6 Å². The van der Waals surface area contributed by atoms with Crippen molar-refractivity contribution in [2.24, 2.45) is 0 Å². The van der Waals surface area contributed by atoms with E-state index in [0.717, 1.165) is 4.47 Å². The summed E-state index contributed by atoms with van der Waals surface area (Å²) >= 11 is 3.37. The highest BCUT2D eigenvalue weighted by Crippen LogP contribution is 2.24. The van der Waals surface area contributed by atoms with Gasteiger partial charge >= 0.3 is 6.01 Å². The van der Waals surface area contributed by atoms with Crippen molar-refractivity contribution in [2.75, 3.05) is 16.7 Å². The number of para-hydroxylation sites is 1. The van der Waals surface area contributed by atoms with Crippen molar-refractivity contribution in [1.82, 2.24) is 10.2 Å². The number of rotatable bonds is 6. The third-order valence-corrected chi connectivity index (χ3v) is 6.90. The molecule has 1 aromatic heterocycles. The van der Waals surface area contributed by atoms with Crippen LogP contribution in [0.25, 0.3) is 11.5 Å². The van der Waals surface area contributed by atoms with Crippen molar-refractivity contribution in [2.45, 2.75) is 4.90 Å². The Morgan fingerprint density at radius 3 is 2.38 bits per heavy atom. The number of hydrogen-bond acceptors (Lipinski definition) is 6. The summed E-state index contributed by atoms with van der Waals surface area (Å²) in [4.78, 5) is 12.6. The van der Waals surface area contributed by atoms with Gasteiger partial charge in [-0.05, 0) is 54.6 Å². The van der Waals surface area contributed by atoms with Gasteiger partial charge in [-0.3, -0.25) is 14.4 Å². The van der Waals surface area contributed by atoms with Gasteiger partial charge in [0, 0.05) is 22.6 Å². The number of benzene rings is 3. The van der Waals surface area contributed by atoms with E-state index < -0.39 is 15.9 Å². The Bertz CT molecular complexity index is 1360. The molecule has 0 saturated carbocycles. The molecule has 1 heterocycles. The van der Waals surface area contributed by atoms with Crippen molar-refractivity contribution in [3.8, 4) is 11.5 Å². The highest BCUT2D eigenvalue weighted by molar-refractivity contribution is 9.10. The minimum Gasteiger partial charge on any atom is -0.403 e. The standard InChI is InChI=1S/C22H17BrN4O4S/c1-27(18-8-3-2-4-9-18)32(29,30)19-12-10-15(11-13-19)20(28)24-22-26-25-21(31-22)16-6-5-7-17(23)14-16/h2-14H,1H3,(H,24,26,28). The number of sulfonamides is 1. The van der Waals surface area contributed by atoms with Gasteiger partial charge in [-0.25, -0.2) is 8.42 Å². The van der Waals surface area contributed by atoms with Crippen LogP contribution in [0.5, 0.6) is 0 Å². The molecule has 162 valence electrons. The summed E-state index contributed by atoms with van der Waals surface area (Å²) in [5.41, 5.74) is 1.48. The molecule has 32 heavy (non-hydrogen) atoms. The second-order valence-corrected chi connectivity index (χ2v) is 9.59. The molecule has 3 aromatic carbocycles. The van der Waals surface area contributed by atoms with E-state index >= 15 is 0 Å². The summed E-state index contributed by atoms with van der Waals surface area (Å²) in [6, 6.07) is 21.6. The predicted molar refractivity (Wildman–Crippen MR) is 124 cm³/mol. The molecule has 0 spiro atoms. The summed E-state index contributed by atoms with van der Waals surface area (Å²) in [5.74, 6) is -0.248. The molecule has 10 heteroatoms. The van der Waals surface area contributed by atoms with E-state index in [1.807, 2.05) is 24.3 Å². The summed E-state index contributed by atoms with van der Waals surface area (Å²) in [6.45, 7) is 0. The number of anilines is 2. The van der Waals surface area contributed by atoms with Crippen LogP contribution in [0.1, 0.15) is 10.4 Å². The Labute approximate surface area is 193 Å². The van der Waals surface area contributed by atoms with Gasteiger partial charge < -0.3 is 4.42 Å². The molecule has 0 saturated heterocycles. The molecule has 1 N–H and O–H groups in total. The number of nitrogens with zero attached hydrogens (tertiary/aromatic N) is 3. The molecule has 0 aliphatic carbocycles. The highest BCUT2D eigenvalue weighted by atomic mass is 79.9. The maximum atomic E-state index is 12.9. The van der Waals surface area contributed by atoms with Gasteiger partial charge in [-0.2, -0.15) is 0 Å². The highest BCUT2D eigenvalue weighted by Gasteiger charge is 2.22. The summed E-state index contributed by atoms with van der Waals surface area (Å²) in [7, 11) is -2.29. The molecule has 0 aliphatic rings. The fraction of sp³-hybridized carbons (Fsp3) is 0.0455.